The molecule has 1 atom stereocenters. The van der Waals surface area contributed by atoms with Crippen molar-refractivity contribution in [2.75, 3.05) is 19.6 Å². The summed E-state index contributed by atoms with van der Waals surface area (Å²) in [5, 5.41) is 12.1. The molecule has 0 bridgehead atoms. The summed E-state index contributed by atoms with van der Waals surface area (Å²) in [5.74, 6) is 0.302. The smallest absolute Gasteiger partial charge is 0.242 e. The molecular formula is C13H16ClN3O2S. The molecule has 5 nitrogen and oxygen atoms in total. The summed E-state index contributed by atoms with van der Waals surface area (Å²) >= 11 is 5.93. The van der Waals surface area contributed by atoms with Crippen molar-refractivity contribution in [3.05, 3.63) is 28.8 Å². The fraction of sp³-hybridized carbons (Fsp3) is 0.462. The van der Waals surface area contributed by atoms with Gasteiger partial charge in [-0.15, -0.1) is 0 Å². The zero-order valence-electron chi connectivity index (χ0n) is 10.9. The zero-order valence-corrected chi connectivity index (χ0v) is 12.5. The molecule has 1 heterocycles. The number of hydrogen-bond donors (Lipinski definition) is 2. The Morgan fingerprint density at radius 3 is 2.90 bits per heavy atom. The third kappa shape index (κ3) is 3.70. The van der Waals surface area contributed by atoms with E-state index >= 15 is 0 Å². The van der Waals surface area contributed by atoms with Gasteiger partial charge in [-0.05, 0) is 50.0 Å². The van der Waals surface area contributed by atoms with E-state index in [4.69, 9.17) is 16.9 Å². The van der Waals surface area contributed by atoms with Gasteiger partial charge in [-0.1, -0.05) is 11.6 Å². The van der Waals surface area contributed by atoms with Gasteiger partial charge in [0.25, 0.3) is 0 Å². The van der Waals surface area contributed by atoms with Gasteiger partial charge in [-0.2, -0.15) is 5.26 Å². The van der Waals surface area contributed by atoms with Crippen LogP contribution in [0.1, 0.15) is 18.4 Å². The minimum atomic E-state index is -3.63. The molecule has 108 valence electrons. The van der Waals surface area contributed by atoms with Gasteiger partial charge >= 0.3 is 0 Å². The van der Waals surface area contributed by atoms with Crippen LogP contribution in [0, 0.1) is 17.2 Å². The van der Waals surface area contributed by atoms with Crippen molar-refractivity contribution in [2.45, 2.75) is 17.7 Å². The molecule has 0 radical (unpaired) electrons. The fourth-order valence-corrected chi connectivity index (χ4v) is 3.85. The summed E-state index contributed by atoms with van der Waals surface area (Å²) in [6, 6.07) is 6.09. The number of nitrogens with one attached hydrogen (secondary N) is 2. The molecule has 1 aromatic carbocycles. The summed E-state index contributed by atoms with van der Waals surface area (Å²) in [6.45, 7) is 2.21. The van der Waals surface area contributed by atoms with E-state index in [-0.39, 0.29) is 9.92 Å². The molecule has 1 aliphatic heterocycles. The second kappa shape index (κ2) is 6.55. The molecule has 1 fully saturated rings. The summed E-state index contributed by atoms with van der Waals surface area (Å²) in [7, 11) is -3.63. The topological polar surface area (TPSA) is 82.0 Å². The second-order valence-electron chi connectivity index (χ2n) is 4.82. The van der Waals surface area contributed by atoms with E-state index in [1.165, 1.54) is 18.2 Å². The highest BCUT2D eigenvalue weighted by molar-refractivity contribution is 7.89. The van der Waals surface area contributed by atoms with Gasteiger partial charge < -0.3 is 5.32 Å². The number of benzene rings is 1. The van der Waals surface area contributed by atoms with Crippen LogP contribution in [0.5, 0.6) is 0 Å². The van der Waals surface area contributed by atoms with Gasteiger partial charge in [0.1, 0.15) is 4.90 Å². The van der Waals surface area contributed by atoms with Gasteiger partial charge in [0.2, 0.25) is 10.0 Å². The third-order valence-electron chi connectivity index (χ3n) is 3.31. The Kier molecular flexibility index (Phi) is 5.00. The molecule has 0 spiro atoms. The fourth-order valence-electron chi connectivity index (χ4n) is 2.19. The first-order chi connectivity index (χ1) is 9.53. The van der Waals surface area contributed by atoms with Gasteiger partial charge in [-0.25, -0.2) is 13.1 Å². The Morgan fingerprint density at radius 2 is 2.30 bits per heavy atom. The van der Waals surface area contributed by atoms with Crippen LogP contribution < -0.4 is 10.0 Å². The maximum absolute atomic E-state index is 12.2. The SMILES string of the molecule is N#Cc1ccc(S(=O)(=O)NCC2CCCNC2)c(Cl)c1. The normalized spacial score (nSPS) is 19.5. The van der Waals surface area contributed by atoms with Gasteiger partial charge in [0.15, 0.2) is 0 Å². The summed E-state index contributed by atoms with van der Waals surface area (Å²) in [6.07, 6.45) is 2.07. The maximum Gasteiger partial charge on any atom is 0.242 e. The first kappa shape index (κ1) is 15.3. The first-order valence-electron chi connectivity index (χ1n) is 6.43. The van der Waals surface area contributed by atoms with E-state index in [9.17, 15) is 8.42 Å². The molecule has 1 aliphatic rings. The van der Waals surface area contributed by atoms with Crippen LogP contribution in [0.25, 0.3) is 0 Å². The minimum Gasteiger partial charge on any atom is -0.316 e. The van der Waals surface area contributed by atoms with E-state index in [0.717, 1.165) is 25.9 Å². The monoisotopic (exact) mass is 313 g/mol. The molecule has 1 saturated heterocycles. The third-order valence-corrected chi connectivity index (χ3v) is 5.22. The van der Waals surface area contributed by atoms with Crippen molar-refractivity contribution < 1.29 is 8.42 Å². The van der Waals surface area contributed by atoms with E-state index in [1.54, 1.807) is 0 Å². The molecule has 0 saturated carbocycles. The summed E-state index contributed by atoms with van der Waals surface area (Å²) in [5.41, 5.74) is 0.338. The Hall–Kier alpha value is -1.13. The molecule has 0 aliphatic carbocycles. The number of sulfonamides is 1. The molecule has 7 heteroatoms. The van der Waals surface area contributed by atoms with Crippen molar-refractivity contribution in [2.24, 2.45) is 5.92 Å². The number of hydrogen-bond acceptors (Lipinski definition) is 4. The largest absolute Gasteiger partial charge is 0.316 e. The molecule has 2 N–H and O–H groups in total. The average Bonchev–Trinajstić information content (AvgIpc) is 2.46. The van der Waals surface area contributed by atoms with E-state index in [1.807, 2.05) is 6.07 Å². The lowest BCUT2D eigenvalue weighted by Gasteiger charge is -2.22. The number of halogens is 1. The van der Waals surface area contributed by atoms with Crippen molar-refractivity contribution in [3.8, 4) is 6.07 Å². The number of nitriles is 1. The van der Waals surface area contributed by atoms with Crippen molar-refractivity contribution in [3.63, 3.8) is 0 Å². The van der Waals surface area contributed by atoms with Gasteiger partial charge in [-0.3, -0.25) is 0 Å². The highest BCUT2D eigenvalue weighted by Gasteiger charge is 2.21. The highest BCUT2D eigenvalue weighted by atomic mass is 35.5. The summed E-state index contributed by atoms with van der Waals surface area (Å²) < 4.78 is 27.0. The van der Waals surface area contributed by atoms with Crippen LogP contribution in [0.3, 0.4) is 0 Å². The Morgan fingerprint density at radius 1 is 1.50 bits per heavy atom. The molecular weight excluding hydrogens is 298 g/mol. The van der Waals surface area contributed by atoms with Gasteiger partial charge in [0, 0.05) is 6.54 Å². The van der Waals surface area contributed by atoms with Crippen LogP contribution in [-0.4, -0.2) is 28.1 Å². The zero-order chi connectivity index (χ0) is 14.6. The quantitative estimate of drug-likeness (QED) is 0.882. The Balaban J connectivity index is 2.08. The predicted molar refractivity (Wildman–Crippen MR) is 76.9 cm³/mol. The average molecular weight is 314 g/mol. The Bertz CT molecular complexity index is 619. The lowest BCUT2D eigenvalue weighted by Crippen LogP contribution is -2.38. The minimum absolute atomic E-state index is 0.0157. The first-order valence-corrected chi connectivity index (χ1v) is 8.29. The number of nitrogens with zero attached hydrogens (tertiary/aromatic N) is 1. The predicted octanol–water partition coefficient (Wildman–Crippen LogP) is 1.49. The standard InChI is InChI=1S/C13H16ClN3O2S/c14-12-6-10(7-15)3-4-13(12)20(18,19)17-9-11-2-1-5-16-8-11/h3-4,6,11,16-17H,1-2,5,8-9H2. The second-order valence-corrected chi connectivity index (χ2v) is 6.96. The molecule has 20 heavy (non-hydrogen) atoms. The number of piperidine rings is 1. The number of rotatable bonds is 4. The van der Waals surface area contributed by atoms with Crippen LogP contribution in [0.15, 0.2) is 23.1 Å². The van der Waals surface area contributed by atoms with Crippen LogP contribution in [0.2, 0.25) is 5.02 Å². The highest BCUT2D eigenvalue weighted by Crippen LogP contribution is 2.22. The van der Waals surface area contributed by atoms with Crippen molar-refractivity contribution in [1.29, 1.82) is 5.26 Å². The molecule has 0 aromatic heterocycles. The van der Waals surface area contributed by atoms with Crippen molar-refractivity contribution in [1.82, 2.24) is 10.0 Å². The van der Waals surface area contributed by atoms with E-state index in [2.05, 4.69) is 10.0 Å². The molecule has 1 unspecified atom stereocenters. The lowest BCUT2D eigenvalue weighted by molar-refractivity contribution is 0.376. The van der Waals surface area contributed by atoms with E-state index in [0.29, 0.717) is 18.0 Å². The van der Waals surface area contributed by atoms with Crippen molar-refractivity contribution >= 4 is 21.6 Å². The van der Waals surface area contributed by atoms with Crippen LogP contribution in [-0.2, 0) is 10.0 Å². The molecule has 2 rings (SSSR count). The van der Waals surface area contributed by atoms with Crippen LogP contribution in [0.4, 0.5) is 0 Å². The van der Waals surface area contributed by atoms with Gasteiger partial charge in [0.05, 0.1) is 16.7 Å². The molecule has 0 amide bonds. The van der Waals surface area contributed by atoms with Crippen LogP contribution >= 0.6 is 11.6 Å². The molecule has 1 aromatic rings. The maximum atomic E-state index is 12.2. The lowest BCUT2D eigenvalue weighted by atomic mass is 10.0. The van der Waals surface area contributed by atoms with E-state index < -0.39 is 10.0 Å². The summed E-state index contributed by atoms with van der Waals surface area (Å²) in [4.78, 5) is 0.0157. The Labute approximate surface area is 124 Å².